The van der Waals surface area contributed by atoms with Crippen LogP contribution in [-0.2, 0) is 6.61 Å². The van der Waals surface area contributed by atoms with Crippen LogP contribution in [0.4, 0.5) is 0 Å². The maximum atomic E-state index is 8.94. The minimum absolute atomic E-state index is 0.145. The highest BCUT2D eigenvalue weighted by Gasteiger charge is 2.16. The first-order valence-electron chi connectivity index (χ1n) is 3.51. The van der Waals surface area contributed by atoms with Crippen LogP contribution in [0.2, 0.25) is 0 Å². The summed E-state index contributed by atoms with van der Waals surface area (Å²) in [5, 5.41) is 26.8. The Bertz CT molecular complexity index is 317. The minimum Gasteiger partial charge on any atom is -0.423 e. The van der Waals surface area contributed by atoms with Crippen LogP contribution in [-0.4, -0.2) is 22.3 Å². The Morgan fingerprint density at radius 3 is 2.23 bits per heavy atom. The summed E-state index contributed by atoms with van der Waals surface area (Å²) in [5.41, 5.74) is 0.957. The molecule has 0 aromatic heterocycles. The summed E-state index contributed by atoms with van der Waals surface area (Å²) in [4.78, 5) is 0. The summed E-state index contributed by atoms with van der Waals surface area (Å²) in [7, 11) is -1.53. The first-order chi connectivity index (χ1) is 6.06. The second kappa shape index (κ2) is 4.57. The van der Waals surface area contributed by atoms with Crippen molar-refractivity contribution in [1.29, 1.82) is 0 Å². The lowest BCUT2D eigenvalue weighted by Crippen LogP contribution is -2.31. The molecule has 0 radical (unpaired) electrons. The highest BCUT2D eigenvalue weighted by Crippen LogP contribution is 2.20. The van der Waals surface area contributed by atoms with Crippen LogP contribution in [0.15, 0.2) is 21.1 Å². The molecule has 0 saturated carbocycles. The Hall–Kier alpha value is 0.125. The van der Waals surface area contributed by atoms with E-state index in [4.69, 9.17) is 15.2 Å². The van der Waals surface area contributed by atoms with E-state index >= 15 is 0 Å². The van der Waals surface area contributed by atoms with Crippen LogP contribution in [0.1, 0.15) is 5.56 Å². The first kappa shape index (κ1) is 11.2. The van der Waals surface area contributed by atoms with E-state index in [1.807, 2.05) is 0 Å². The van der Waals surface area contributed by atoms with Crippen molar-refractivity contribution in [1.82, 2.24) is 0 Å². The molecule has 13 heavy (non-hydrogen) atoms. The topological polar surface area (TPSA) is 60.7 Å². The van der Waals surface area contributed by atoms with Gasteiger partial charge in [0.2, 0.25) is 0 Å². The van der Waals surface area contributed by atoms with Crippen molar-refractivity contribution < 1.29 is 15.2 Å². The standard InChI is InChI=1S/C7H7BBr2O3/c9-6-2-7(10)5(8(12)13)1-4(6)3-11/h1-2,11-13H,3H2. The predicted octanol–water partition coefficient (Wildman–Crippen LogP) is 0.384. The first-order valence-corrected chi connectivity index (χ1v) is 5.09. The predicted molar refractivity (Wildman–Crippen MR) is 57.6 cm³/mol. The molecule has 70 valence electrons. The summed E-state index contributed by atoms with van der Waals surface area (Å²) in [6.07, 6.45) is 0. The molecule has 0 atom stereocenters. The molecule has 0 aliphatic heterocycles. The van der Waals surface area contributed by atoms with Gasteiger partial charge in [-0.1, -0.05) is 37.9 Å². The van der Waals surface area contributed by atoms with E-state index in [2.05, 4.69) is 31.9 Å². The number of aliphatic hydroxyl groups excluding tert-OH is 1. The maximum absolute atomic E-state index is 8.94. The number of rotatable bonds is 2. The van der Waals surface area contributed by atoms with E-state index in [-0.39, 0.29) is 6.61 Å². The molecule has 3 N–H and O–H groups in total. The molecule has 1 aromatic rings. The molecule has 0 spiro atoms. The molecular weight excluding hydrogens is 303 g/mol. The van der Waals surface area contributed by atoms with Gasteiger partial charge < -0.3 is 15.2 Å². The summed E-state index contributed by atoms with van der Waals surface area (Å²) in [5.74, 6) is 0. The van der Waals surface area contributed by atoms with Crippen molar-refractivity contribution in [2.75, 3.05) is 0 Å². The highest BCUT2D eigenvalue weighted by atomic mass is 79.9. The van der Waals surface area contributed by atoms with Gasteiger partial charge in [-0.2, -0.15) is 0 Å². The molecule has 0 amide bonds. The lowest BCUT2D eigenvalue weighted by Gasteiger charge is -2.07. The van der Waals surface area contributed by atoms with Gasteiger partial charge >= 0.3 is 7.12 Å². The average Bonchev–Trinajstić information content (AvgIpc) is 2.03. The Kier molecular flexibility index (Phi) is 3.94. The molecule has 1 rings (SSSR count). The fourth-order valence-corrected chi connectivity index (χ4v) is 2.26. The summed E-state index contributed by atoms with van der Waals surface area (Å²) >= 11 is 6.42. The van der Waals surface area contributed by atoms with E-state index in [1.54, 1.807) is 6.07 Å². The van der Waals surface area contributed by atoms with Crippen molar-refractivity contribution in [3.8, 4) is 0 Å². The Morgan fingerprint density at radius 1 is 1.15 bits per heavy atom. The van der Waals surface area contributed by atoms with Crippen molar-refractivity contribution in [3.63, 3.8) is 0 Å². The zero-order valence-electron chi connectivity index (χ0n) is 6.54. The van der Waals surface area contributed by atoms with Gasteiger partial charge in [-0.05, 0) is 17.1 Å². The summed E-state index contributed by atoms with van der Waals surface area (Å²) < 4.78 is 1.32. The number of hydrogen-bond acceptors (Lipinski definition) is 3. The average molecular weight is 310 g/mol. The van der Waals surface area contributed by atoms with Gasteiger partial charge in [0, 0.05) is 8.95 Å². The Balaban J connectivity index is 3.22. The van der Waals surface area contributed by atoms with Crippen LogP contribution >= 0.6 is 31.9 Å². The molecule has 0 aliphatic carbocycles. The molecule has 6 heteroatoms. The van der Waals surface area contributed by atoms with E-state index < -0.39 is 7.12 Å². The molecule has 0 heterocycles. The third kappa shape index (κ3) is 2.54. The fraction of sp³-hybridized carbons (Fsp3) is 0.143. The summed E-state index contributed by atoms with van der Waals surface area (Å²) in [6.45, 7) is -0.145. The van der Waals surface area contributed by atoms with Crippen molar-refractivity contribution in [2.24, 2.45) is 0 Å². The van der Waals surface area contributed by atoms with Crippen LogP contribution in [0.25, 0.3) is 0 Å². The van der Waals surface area contributed by atoms with Gasteiger partial charge in [0.1, 0.15) is 0 Å². The van der Waals surface area contributed by atoms with E-state index in [9.17, 15) is 0 Å². The third-order valence-electron chi connectivity index (χ3n) is 1.61. The van der Waals surface area contributed by atoms with Crippen molar-refractivity contribution >= 4 is 44.4 Å². The monoisotopic (exact) mass is 308 g/mol. The number of benzene rings is 1. The van der Waals surface area contributed by atoms with E-state index in [1.165, 1.54) is 6.07 Å². The molecule has 0 aliphatic rings. The van der Waals surface area contributed by atoms with Gasteiger partial charge in [0.15, 0.2) is 0 Å². The molecular formula is C7H7BBr2O3. The molecule has 3 nitrogen and oxygen atoms in total. The van der Waals surface area contributed by atoms with Crippen LogP contribution in [0, 0.1) is 0 Å². The van der Waals surface area contributed by atoms with Gasteiger partial charge in [-0.25, -0.2) is 0 Å². The SMILES string of the molecule is OCc1cc(B(O)O)c(Br)cc1Br. The van der Waals surface area contributed by atoms with E-state index in [0.29, 0.717) is 15.5 Å². The molecule has 0 fully saturated rings. The third-order valence-corrected chi connectivity index (χ3v) is 3.04. The van der Waals surface area contributed by atoms with Crippen LogP contribution in [0.3, 0.4) is 0 Å². The minimum atomic E-state index is -1.53. The second-order valence-corrected chi connectivity index (χ2v) is 4.21. The molecule has 0 bridgehead atoms. The normalized spacial score (nSPS) is 10.2. The number of hydrogen-bond donors (Lipinski definition) is 3. The maximum Gasteiger partial charge on any atom is 0.489 e. The molecule has 1 aromatic carbocycles. The Morgan fingerprint density at radius 2 is 1.77 bits per heavy atom. The molecule has 0 unspecified atom stereocenters. The van der Waals surface area contributed by atoms with Crippen molar-refractivity contribution in [3.05, 3.63) is 26.6 Å². The van der Waals surface area contributed by atoms with Crippen LogP contribution < -0.4 is 5.46 Å². The lowest BCUT2D eigenvalue weighted by molar-refractivity contribution is 0.281. The van der Waals surface area contributed by atoms with Crippen LogP contribution in [0.5, 0.6) is 0 Å². The molecule has 0 saturated heterocycles. The van der Waals surface area contributed by atoms with Gasteiger partial charge in [-0.3, -0.25) is 0 Å². The highest BCUT2D eigenvalue weighted by molar-refractivity contribution is 9.11. The van der Waals surface area contributed by atoms with Gasteiger partial charge in [0.05, 0.1) is 6.61 Å². The van der Waals surface area contributed by atoms with Gasteiger partial charge in [0.25, 0.3) is 0 Å². The number of halogens is 2. The largest absolute Gasteiger partial charge is 0.489 e. The quantitative estimate of drug-likeness (QED) is 0.692. The zero-order valence-corrected chi connectivity index (χ0v) is 9.71. The van der Waals surface area contributed by atoms with Crippen molar-refractivity contribution in [2.45, 2.75) is 6.61 Å². The van der Waals surface area contributed by atoms with Gasteiger partial charge in [-0.15, -0.1) is 0 Å². The second-order valence-electron chi connectivity index (χ2n) is 2.50. The Labute approximate surface area is 92.8 Å². The summed E-state index contributed by atoms with van der Waals surface area (Å²) in [6, 6.07) is 3.19. The fourth-order valence-electron chi connectivity index (χ4n) is 0.932. The smallest absolute Gasteiger partial charge is 0.423 e. The lowest BCUT2D eigenvalue weighted by atomic mass is 9.79. The van der Waals surface area contributed by atoms with E-state index in [0.717, 1.165) is 4.47 Å². The zero-order chi connectivity index (χ0) is 10.0. The number of aliphatic hydroxyl groups is 1.